The molecule has 1 aliphatic carbocycles. The molecule has 1 aliphatic heterocycles. The van der Waals surface area contributed by atoms with E-state index in [1.807, 2.05) is 0 Å². The number of halogens is 1. The summed E-state index contributed by atoms with van der Waals surface area (Å²) in [4.78, 5) is 2.57. The van der Waals surface area contributed by atoms with Crippen molar-refractivity contribution < 1.29 is 0 Å². The number of likely N-dealkylation sites (tertiary alicyclic amines) is 1. The van der Waals surface area contributed by atoms with Crippen molar-refractivity contribution in [1.29, 1.82) is 0 Å². The van der Waals surface area contributed by atoms with Gasteiger partial charge in [0.2, 0.25) is 0 Å². The van der Waals surface area contributed by atoms with Crippen LogP contribution in [0.1, 0.15) is 43.2 Å². The fraction of sp³-hybridized carbons (Fsp3) is 0.625. The second-order valence-electron chi connectivity index (χ2n) is 6.13. The van der Waals surface area contributed by atoms with Crippen molar-refractivity contribution >= 4 is 12.4 Å². The Labute approximate surface area is 122 Å². The molecule has 1 saturated heterocycles. The third-order valence-corrected chi connectivity index (χ3v) is 4.54. The average Bonchev–Trinajstić information content (AvgIpc) is 3.17. The van der Waals surface area contributed by atoms with E-state index in [1.54, 1.807) is 0 Å². The first-order valence-electron chi connectivity index (χ1n) is 7.29. The quantitative estimate of drug-likeness (QED) is 0.918. The van der Waals surface area contributed by atoms with Gasteiger partial charge in [-0.05, 0) is 55.7 Å². The van der Waals surface area contributed by atoms with Crippen LogP contribution in [-0.2, 0) is 6.54 Å². The van der Waals surface area contributed by atoms with Gasteiger partial charge in [0.15, 0.2) is 0 Å². The van der Waals surface area contributed by atoms with Crippen LogP contribution in [0.4, 0.5) is 0 Å². The molecule has 1 aromatic carbocycles. The lowest BCUT2D eigenvalue weighted by atomic mass is 10.1. The van der Waals surface area contributed by atoms with Gasteiger partial charge in [0.05, 0.1) is 0 Å². The molecule has 2 fully saturated rings. The minimum atomic E-state index is 0. The van der Waals surface area contributed by atoms with Crippen LogP contribution in [0.25, 0.3) is 0 Å². The lowest BCUT2D eigenvalue weighted by Gasteiger charge is -2.21. The Morgan fingerprint density at radius 1 is 1.21 bits per heavy atom. The molecule has 19 heavy (non-hydrogen) atoms. The smallest absolute Gasteiger partial charge is 0.0236 e. The van der Waals surface area contributed by atoms with Crippen LogP contribution in [0.2, 0.25) is 0 Å². The molecule has 2 nitrogen and oxygen atoms in total. The molecule has 106 valence electrons. The highest BCUT2D eigenvalue weighted by atomic mass is 35.5. The van der Waals surface area contributed by atoms with Crippen LogP contribution in [0.5, 0.6) is 0 Å². The molecule has 1 aromatic rings. The molecule has 2 atom stereocenters. The minimum Gasteiger partial charge on any atom is -0.330 e. The number of hydrogen-bond acceptors (Lipinski definition) is 2. The van der Waals surface area contributed by atoms with Gasteiger partial charge < -0.3 is 5.73 Å². The highest BCUT2D eigenvalue weighted by Gasteiger charge is 2.28. The SMILES string of the molecule is CC1CC(CN)CN1Cc1ccc(C2CC2)cc1.Cl. The van der Waals surface area contributed by atoms with Crippen molar-refractivity contribution in [2.75, 3.05) is 13.1 Å². The maximum atomic E-state index is 5.79. The van der Waals surface area contributed by atoms with Gasteiger partial charge in [-0.1, -0.05) is 24.3 Å². The molecular formula is C16H25ClN2. The van der Waals surface area contributed by atoms with Gasteiger partial charge in [0, 0.05) is 19.1 Å². The van der Waals surface area contributed by atoms with E-state index in [1.165, 1.54) is 36.9 Å². The second-order valence-corrected chi connectivity index (χ2v) is 6.13. The lowest BCUT2D eigenvalue weighted by molar-refractivity contribution is 0.256. The van der Waals surface area contributed by atoms with Crippen molar-refractivity contribution in [3.63, 3.8) is 0 Å². The van der Waals surface area contributed by atoms with Gasteiger partial charge in [-0.3, -0.25) is 4.90 Å². The number of nitrogens with zero attached hydrogens (tertiary/aromatic N) is 1. The molecule has 1 heterocycles. The molecule has 0 spiro atoms. The summed E-state index contributed by atoms with van der Waals surface area (Å²) in [6, 6.07) is 9.97. The van der Waals surface area contributed by atoms with E-state index < -0.39 is 0 Å². The minimum absolute atomic E-state index is 0. The monoisotopic (exact) mass is 280 g/mol. The van der Waals surface area contributed by atoms with Gasteiger partial charge >= 0.3 is 0 Å². The molecule has 3 heteroatoms. The zero-order chi connectivity index (χ0) is 12.5. The molecule has 0 amide bonds. The Hall–Kier alpha value is -0.570. The van der Waals surface area contributed by atoms with E-state index in [0.29, 0.717) is 12.0 Å². The number of hydrogen-bond donors (Lipinski definition) is 1. The molecule has 0 aromatic heterocycles. The third-order valence-electron chi connectivity index (χ3n) is 4.54. The Balaban J connectivity index is 0.00000133. The van der Waals surface area contributed by atoms with Gasteiger partial charge in [0.1, 0.15) is 0 Å². The zero-order valence-electron chi connectivity index (χ0n) is 11.7. The summed E-state index contributed by atoms with van der Waals surface area (Å²) in [5, 5.41) is 0. The molecule has 2 aliphatic rings. The van der Waals surface area contributed by atoms with Gasteiger partial charge in [0.25, 0.3) is 0 Å². The lowest BCUT2D eigenvalue weighted by Crippen LogP contribution is -2.27. The summed E-state index contributed by atoms with van der Waals surface area (Å²) in [7, 11) is 0. The largest absolute Gasteiger partial charge is 0.330 e. The Morgan fingerprint density at radius 3 is 2.42 bits per heavy atom. The topological polar surface area (TPSA) is 29.3 Å². The summed E-state index contributed by atoms with van der Waals surface area (Å²) in [6.45, 7) is 5.42. The van der Waals surface area contributed by atoms with E-state index >= 15 is 0 Å². The van der Waals surface area contributed by atoms with Crippen molar-refractivity contribution in [1.82, 2.24) is 4.90 Å². The second kappa shape index (κ2) is 6.25. The van der Waals surface area contributed by atoms with Crippen LogP contribution in [-0.4, -0.2) is 24.0 Å². The van der Waals surface area contributed by atoms with Crippen molar-refractivity contribution in [2.24, 2.45) is 11.7 Å². The zero-order valence-corrected chi connectivity index (χ0v) is 12.5. The van der Waals surface area contributed by atoms with Gasteiger partial charge in [-0.2, -0.15) is 0 Å². The predicted octanol–water partition coefficient (Wildman–Crippen LogP) is 3.15. The van der Waals surface area contributed by atoms with Crippen molar-refractivity contribution in [3.8, 4) is 0 Å². The van der Waals surface area contributed by atoms with Crippen molar-refractivity contribution in [3.05, 3.63) is 35.4 Å². The normalized spacial score (nSPS) is 27.3. The van der Waals surface area contributed by atoms with E-state index in [4.69, 9.17) is 5.73 Å². The summed E-state index contributed by atoms with van der Waals surface area (Å²) >= 11 is 0. The number of rotatable bonds is 4. The summed E-state index contributed by atoms with van der Waals surface area (Å²) < 4.78 is 0. The van der Waals surface area contributed by atoms with Gasteiger partial charge in [-0.25, -0.2) is 0 Å². The molecule has 0 bridgehead atoms. The number of benzene rings is 1. The molecule has 3 rings (SSSR count). The highest BCUT2D eigenvalue weighted by molar-refractivity contribution is 5.85. The van der Waals surface area contributed by atoms with Crippen LogP contribution >= 0.6 is 12.4 Å². The standard InChI is InChI=1S/C16H24N2.ClH/c1-12-8-14(9-17)11-18(12)10-13-2-4-15(5-3-13)16-6-7-16;/h2-5,12,14,16H,6-11,17H2,1H3;1H. The Bertz CT molecular complexity index is 400. The molecule has 2 unspecified atom stereocenters. The summed E-state index contributed by atoms with van der Waals surface area (Å²) in [6.07, 6.45) is 4.04. The molecule has 0 radical (unpaired) electrons. The average molecular weight is 281 g/mol. The molecular weight excluding hydrogens is 256 g/mol. The van der Waals surface area contributed by atoms with Crippen LogP contribution in [0, 0.1) is 5.92 Å². The Kier molecular flexibility index (Phi) is 4.88. The highest BCUT2D eigenvalue weighted by Crippen LogP contribution is 2.40. The van der Waals surface area contributed by atoms with Gasteiger partial charge in [-0.15, -0.1) is 12.4 Å². The predicted molar refractivity (Wildman–Crippen MR) is 82.7 cm³/mol. The maximum absolute atomic E-state index is 5.79. The fourth-order valence-corrected chi connectivity index (χ4v) is 3.16. The molecule has 2 N–H and O–H groups in total. The third kappa shape index (κ3) is 3.50. The fourth-order valence-electron chi connectivity index (χ4n) is 3.16. The molecule has 1 saturated carbocycles. The van der Waals surface area contributed by atoms with Crippen molar-refractivity contribution in [2.45, 2.75) is 44.7 Å². The number of nitrogens with two attached hydrogens (primary N) is 1. The first-order valence-corrected chi connectivity index (χ1v) is 7.29. The summed E-state index contributed by atoms with van der Waals surface area (Å²) in [5.74, 6) is 1.57. The van der Waals surface area contributed by atoms with E-state index in [-0.39, 0.29) is 12.4 Å². The van der Waals surface area contributed by atoms with Crippen LogP contribution in [0.3, 0.4) is 0 Å². The van der Waals surface area contributed by atoms with E-state index in [2.05, 4.69) is 36.1 Å². The van der Waals surface area contributed by atoms with Crippen LogP contribution in [0.15, 0.2) is 24.3 Å². The summed E-state index contributed by atoms with van der Waals surface area (Å²) in [5.41, 5.74) is 8.77. The first kappa shape index (κ1) is 14.8. The van der Waals surface area contributed by atoms with Crippen LogP contribution < -0.4 is 5.73 Å². The van der Waals surface area contributed by atoms with E-state index in [9.17, 15) is 0 Å². The van der Waals surface area contributed by atoms with E-state index in [0.717, 1.165) is 19.0 Å². The first-order chi connectivity index (χ1) is 8.76. The Morgan fingerprint density at radius 2 is 1.89 bits per heavy atom. The maximum Gasteiger partial charge on any atom is 0.0236 e.